The van der Waals surface area contributed by atoms with Gasteiger partial charge in [0, 0.05) is 76.9 Å². The van der Waals surface area contributed by atoms with Gasteiger partial charge in [0.25, 0.3) is 23.6 Å². The van der Waals surface area contributed by atoms with Gasteiger partial charge in [0.15, 0.2) is 0 Å². The summed E-state index contributed by atoms with van der Waals surface area (Å²) in [7, 11) is -2.44. The highest BCUT2D eigenvalue weighted by Gasteiger charge is 2.32. The molecular formula is C45H50N14O10S. The summed E-state index contributed by atoms with van der Waals surface area (Å²) in [6, 6.07) is 10.5. The van der Waals surface area contributed by atoms with Gasteiger partial charge in [0.2, 0.25) is 33.7 Å². The zero-order valence-electron chi connectivity index (χ0n) is 38.6. The van der Waals surface area contributed by atoms with E-state index in [2.05, 4.69) is 25.8 Å². The minimum Gasteiger partial charge on any atom is -0.491 e. The topological polar surface area (TPSA) is 309 Å². The fourth-order valence-electron chi connectivity index (χ4n) is 8.06. The Bertz CT molecular complexity index is 3250. The number of primary sulfonamides is 1. The van der Waals surface area contributed by atoms with Crippen molar-refractivity contribution in [3.05, 3.63) is 95.1 Å². The number of carbonyl (C=O) groups is 6. The number of primary amides is 1. The maximum Gasteiger partial charge on any atom is 0.276 e. The van der Waals surface area contributed by atoms with E-state index < -0.39 is 39.6 Å². The van der Waals surface area contributed by atoms with E-state index in [0.29, 0.717) is 59.7 Å². The average molecular weight is 979 g/mol. The molecule has 70 heavy (non-hydrogen) atoms. The number of ether oxygens (including phenoxy) is 2. The Morgan fingerprint density at radius 1 is 0.843 bits per heavy atom. The first-order chi connectivity index (χ1) is 33.4. The summed E-state index contributed by atoms with van der Waals surface area (Å²) in [5.41, 5.74) is 9.15. The fourth-order valence-corrected chi connectivity index (χ4v) is 8.59. The number of aromatic nitrogens is 8. The molecule has 6 heterocycles. The van der Waals surface area contributed by atoms with Crippen LogP contribution in [0.5, 0.6) is 5.75 Å². The number of amides is 6. The minimum atomic E-state index is -4.08. The lowest BCUT2D eigenvalue weighted by molar-refractivity contribution is -0.146. The molecule has 25 heteroatoms. The van der Waals surface area contributed by atoms with Gasteiger partial charge in [-0.1, -0.05) is 12.2 Å². The van der Waals surface area contributed by atoms with Crippen LogP contribution in [0.1, 0.15) is 62.5 Å². The summed E-state index contributed by atoms with van der Waals surface area (Å²) in [4.78, 5) is 87.9. The third-order valence-corrected chi connectivity index (χ3v) is 12.5. The van der Waals surface area contributed by atoms with E-state index in [9.17, 15) is 37.2 Å². The molecule has 0 unspecified atom stereocenters. The molecule has 8 rings (SSSR count). The third-order valence-electron chi connectivity index (χ3n) is 11.6. The number of hydrogen-bond donors (Lipinski definition) is 4. The number of hydrogen-bond acceptors (Lipinski definition) is 14. The number of sulfonamides is 1. The molecule has 2 aromatic carbocycles. The van der Waals surface area contributed by atoms with Crippen molar-refractivity contribution in [2.24, 2.45) is 17.9 Å². The van der Waals surface area contributed by atoms with E-state index in [1.807, 2.05) is 6.92 Å². The van der Waals surface area contributed by atoms with E-state index in [4.69, 9.17) is 25.3 Å². The highest BCUT2D eigenvalue weighted by Crippen LogP contribution is 2.32. The Balaban J connectivity index is 1.01. The van der Waals surface area contributed by atoms with Crippen LogP contribution in [0.2, 0.25) is 0 Å². The van der Waals surface area contributed by atoms with E-state index in [-0.39, 0.29) is 90.6 Å². The molecule has 1 fully saturated rings. The zero-order chi connectivity index (χ0) is 50.0. The van der Waals surface area contributed by atoms with Gasteiger partial charge < -0.3 is 29.2 Å². The summed E-state index contributed by atoms with van der Waals surface area (Å²) in [6.45, 7) is 7.15. The van der Waals surface area contributed by atoms with Crippen LogP contribution in [0, 0.1) is 13.8 Å². The number of imide groups is 1. The summed E-state index contributed by atoms with van der Waals surface area (Å²) >= 11 is 0. The molecule has 366 valence electrons. The standard InChI is InChI=1S/C45H50N14O10S/c1-5-59-35(20-27(3)53-59)43(65)51-44-48-31-23-30(70(47,66)67)9-10-33(31)56(44)14-6-7-15-58-40-32(49-45(58)50-42(64)34-19-26(2)52-54(34)4)21-28(41(46)63)22-36(40)69-18-8-17-68-29-24-55(25-29)37(60)13-16-57-38(61)11-12-39(57)62/h6-7,9-12,19-23,29H,5,8,13-18,24-25H2,1-4H3,(H2,46,63)(H2,47,66,67)(H,48,51,65)(H,49,50,64)/b7-6+. The lowest BCUT2D eigenvalue weighted by Gasteiger charge is -2.39. The van der Waals surface area contributed by atoms with Crippen LogP contribution < -0.4 is 26.2 Å². The number of anilines is 2. The van der Waals surface area contributed by atoms with Crippen molar-refractivity contribution >= 4 is 79.4 Å². The first-order valence-corrected chi connectivity index (χ1v) is 23.7. The lowest BCUT2D eigenvalue weighted by Crippen LogP contribution is -2.55. The highest BCUT2D eigenvalue weighted by atomic mass is 32.2. The lowest BCUT2D eigenvalue weighted by atomic mass is 10.1. The van der Waals surface area contributed by atoms with Crippen LogP contribution in [0.4, 0.5) is 11.9 Å². The monoisotopic (exact) mass is 978 g/mol. The molecule has 1 saturated heterocycles. The van der Waals surface area contributed by atoms with Crippen LogP contribution in [-0.4, -0.2) is 131 Å². The number of nitrogens with one attached hydrogen (secondary N) is 2. The van der Waals surface area contributed by atoms with Crippen LogP contribution >= 0.6 is 0 Å². The molecular weight excluding hydrogens is 929 g/mol. The molecule has 0 saturated carbocycles. The van der Waals surface area contributed by atoms with Crippen molar-refractivity contribution in [3.63, 3.8) is 0 Å². The second-order valence-corrected chi connectivity index (χ2v) is 18.1. The number of likely N-dealkylation sites (tertiary alicyclic amines) is 1. The molecule has 2 aliphatic heterocycles. The van der Waals surface area contributed by atoms with Gasteiger partial charge in [-0.25, -0.2) is 23.5 Å². The fraction of sp³-hybridized carbons (Fsp3) is 0.333. The number of rotatable bonds is 20. The van der Waals surface area contributed by atoms with Gasteiger partial charge in [-0.2, -0.15) is 10.2 Å². The van der Waals surface area contributed by atoms with Crippen LogP contribution in [0.15, 0.2) is 71.7 Å². The SMILES string of the molecule is CCn1nc(C)cc1C(=O)Nc1nc2cc(S(N)(=O)=O)ccc2n1C/C=C/Cn1c(NC(=O)c2cc(C)nn2C)nc2cc(C(N)=O)cc(OCCCOC3CN(C(=O)CCN4C(=O)C=CC4=O)C3)c21. The van der Waals surface area contributed by atoms with Crippen molar-refractivity contribution in [1.82, 2.24) is 48.5 Å². The smallest absolute Gasteiger partial charge is 0.276 e. The van der Waals surface area contributed by atoms with E-state index in [1.165, 1.54) is 41.1 Å². The molecule has 4 aromatic heterocycles. The molecule has 6 N–H and O–H groups in total. The van der Waals surface area contributed by atoms with Crippen LogP contribution in [0.3, 0.4) is 0 Å². The van der Waals surface area contributed by atoms with Gasteiger partial charge >= 0.3 is 0 Å². The Morgan fingerprint density at radius 3 is 2.14 bits per heavy atom. The summed E-state index contributed by atoms with van der Waals surface area (Å²) in [6.07, 6.45) is 6.13. The summed E-state index contributed by atoms with van der Waals surface area (Å²) in [5.74, 6) is -2.32. The first-order valence-electron chi connectivity index (χ1n) is 22.1. The number of aryl methyl sites for hydroxylation is 4. The quantitative estimate of drug-likeness (QED) is 0.0482. The number of nitrogens with two attached hydrogens (primary N) is 2. The van der Waals surface area contributed by atoms with Gasteiger partial charge in [0.05, 0.1) is 52.2 Å². The number of allylic oxidation sites excluding steroid dienone is 2. The maximum absolute atomic E-state index is 13.7. The molecule has 2 aliphatic rings. The predicted molar refractivity (Wildman–Crippen MR) is 252 cm³/mol. The normalized spacial score (nSPS) is 14.1. The van der Waals surface area contributed by atoms with E-state index >= 15 is 0 Å². The Morgan fingerprint density at radius 2 is 1.49 bits per heavy atom. The van der Waals surface area contributed by atoms with Crippen molar-refractivity contribution in [3.8, 4) is 5.75 Å². The second kappa shape index (κ2) is 19.9. The van der Waals surface area contributed by atoms with Gasteiger partial charge in [0.1, 0.15) is 22.7 Å². The Hall–Kier alpha value is -8.03. The summed E-state index contributed by atoms with van der Waals surface area (Å²) in [5, 5.41) is 19.8. The summed E-state index contributed by atoms with van der Waals surface area (Å²) < 4.78 is 43.1. The van der Waals surface area contributed by atoms with Crippen molar-refractivity contribution < 1.29 is 46.7 Å². The molecule has 0 atom stereocenters. The van der Waals surface area contributed by atoms with E-state index in [0.717, 1.165) is 4.90 Å². The number of imidazole rings is 2. The second-order valence-electron chi connectivity index (χ2n) is 16.6. The van der Waals surface area contributed by atoms with Gasteiger partial charge in [-0.05, 0) is 63.2 Å². The first kappa shape index (κ1) is 48.4. The maximum atomic E-state index is 13.7. The molecule has 0 radical (unpaired) electrons. The largest absolute Gasteiger partial charge is 0.491 e. The molecule has 6 amide bonds. The number of fused-ring (bicyclic) bond motifs is 2. The number of carbonyl (C=O) groups excluding carboxylic acids is 6. The zero-order valence-corrected chi connectivity index (χ0v) is 39.4. The molecule has 0 spiro atoms. The minimum absolute atomic E-state index is 0.00647. The number of nitrogens with zero attached hydrogens (tertiary/aromatic N) is 10. The molecule has 0 bridgehead atoms. The van der Waals surface area contributed by atoms with Gasteiger partial charge in [-0.3, -0.25) is 53.7 Å². The predicted octanol–water partition coefficient (Wildman–Crippen LogP) is 1.77. The molecule has 24 nitrogen and oxygen atoms in total. The van der Waals surface area contributed by atoms with E-state index in [1.54, 1.807) is 70.0 Å². The van der Waals surface area contributed by atoms with Gasteiger partial charge in [-0.15, -0.1) is 0 Å². The molecule has 0 aliphatic carbocycles. The van der Waals surface area contributed by atoms with Crippen LogP contribution in [-0.2, 0) is 55.8 Å². The Kier molecular flexibility index (Phi) is 13.8. The molecule has 6 aromatic rings. The highest BCUT2D eigenvalue weighted by molar-refractivity contribution is 7.89. The number of benzene rings is 2. The van der Waals surface area contributed by atoms with Crippen LogP contribution in [0.25, 0.3) is 22.1 Å². The Labute approximate surface area is 399 Å². The van der Waals surface area contributed by atoms with Crippen molar-refractivity contribution in [2.45, 2.75) is 64.2 Å². The van der Waals surface area contributed by atoms with Crippen molar-refractivity contribution in [1.29, 1.82) is 0 Å². The van der Waals surface area contributed by atoms with Crippen molar-refractivity contribution in [2.75, 3.05) is 43.5 Å². The third kappa shape index (κ3) is 10.3. The average Bonchev–Trinajstić information content (AvgIpc) is 4.10.